The van der Waals surface area contributed by atoms with Crippen LogP contribution in [0.3, 0.4) is 0 Å². The van der Waals surface area contributed by atoms with Crippen molar-refractivity contribution in [2.75, 3.05) is 19.6 Å². The molecule has 7 nitrogen and oxygen atoms in total. The number of alkyl carbamates (subject to hydrolysis) is 1. The van der Waals surface area contributed by atoms with Crippen LogP contribution < -0.4 is 10.6 Å². The number of benzene rings is 1. The van der Waals surface area contributed by atoms with Crippen molar-refractivity contribution in [2.45, 2.75) is 59.1 Å². The van der Waals surface area contributed by atoms with Gasteiger partial charge in [-0.05, 0) is 45.2 Å². The number of carbonyl (C=O) groups is 3. The van der Waals surface area contributed by atoms with Gasteiger partial charge in [0.15, 0.2) is 0 Å². The van der Waals surface area contributed by atoms with Gasteiger partial charge in [-0.3, -0.25) is 9.59 Å². The molecule has 0 aromatic heterocycles. The first-order chi connectivity index (χ1) is 14.1. The monoisotopic (exact) mass is 417 g/mol. The summed E-state index contributed by atoms with van der Waals surface area (Å²) in [6.07, 6.45) is 2.68. The molecule has 0 heterocycles. The van der Waals surface area contributed by atoms with Crippen molar-refractivity contribution >= 4 is 17.9 Å². The number of hydrogen-bond donors (Lipinski definition) is 2. The van der Waals surface area contributed by atoms with Gasteiger partial charge in [-0.25, -0.2) is 4.79 Å². The number of ether oxygens (including phenoxy) is 1. The minimum Gasteiger partial charge on any atom is -0.444 e. The summed E-state index contributed by atoms with van der Waals surface area (Å²) in [7, 11) is 0. The van der Waals surface area contributed by atoms with Crippen LogP contribution in [-0.2, 0) is 14.3 Å². The third-order valence-corrected chi connectivity index (χ3v) is 4.30. The average Bonchev–Trinajstić information content (AvgIpc) is 2.66. The number of hydrogen-bond acceptors (Lipinski definition) is 4. The minimum atomic E-state index is -0.825. The molecular formula is C23H35N3O4. The number of rotatable bonds is 10. The Labute approximate surface area is 179 Å². The normalized spacial score (nSPS) is 11.9. The maximum absolute atomic E-state index is 13.1. The molecule has 2 N–H and O–H groups in total. The third-order valence-electron chi connectivity index (χ3n) is 4.30. The molecule has 0 bridgehead atoms. The van der Waals surface area contributed by atoms with Crippen molar-refractivity contribution < 1.29 is 19.1 Å². The lowest BCUT2D eigenvalue weighted by atomic mass is 9.98. The van der Waals surface area contributed by atoms with Gasteiger partial charge in [0.2, 0.25) is 11.8 Å². The predicted molar refractivity (Wildman–Crippen MR) is 118 cm³/mol. The number of aryl methyl sites for hydroxylation is 1. The highest BCUT2D eigenvalue weighted by Gasteiger charge is 2.31. The van der Waals surface area contributed by atoms with Crippen molar-refractivity contribution in [1.29, 1.82) is 0 Å². The Morgan fingerprint density at radius 1 is 1.20 bits per heavy atom. The van der Waals surface area contributed by atoms with Crippen molar-refractivity contribution in [1.82, 2.24) is 15.5 Å². The van der Waals surface area contributed by atoms with Gasteiger partial charge in [0.25, 0.3) is 0 Å². The first kappa shape index (κ1) is 25.2. The Bertz CT molecular complexity index is 740. The van der Waals surface area contributed by atoms with E-state index in [1.807, 2.05) is 38.1 Å². The summed E-state index contributed by atoms with van der Waals surface area (Å²) in [5, 5.41) is 5.39. The molecule has 1 aromatic rings. The molecule has 1 atom stereocenters. The molecule has 3 amide bonds. The molecule has 0 radical (unpaired) electrons. The van der Waals surface area contributed by atoms with Gasteiger partial charge < -0.3 is 20.3 Å². The van der Waals surface area contributed by atoms with E-state index < -0.39 is 23.6 Å². The molecule has 1 aromatic carbocycles. The van der Waals surface area contributed by atoms with Crippen LogP contribution in [0.1, 0.15) is 57.7 Å². The second kappa shape index (κ2) is 12.0. The van der Waals surface area contributed by atoms with E-state index in [1.165, 1.54) is 4.90 Å². The molecule has 0 aliphatic carbocycles. The highest BCUT2D eigenvalue weighted by molar-refractivity contribution is 5.90. The first-order valence-corrected chi connectivity index (χ1v) is 10.3. The Hall–Kier alpha value is -2.83. The molecule has 0 spiro atoms. The summed E-state index contributed by atoms with van der Waals surface area (Å²) in [5.41, 5.74) is 0.964. The zero-order chi connectivity index (χ0) is 22.7. The van der Waals surface area contributed by atoms with E-state index >= 15 is 0 Å². The molecule has 0 aliphatic heterocycles. The molecule has 0 saturated heterocycles. The number of nitrogens with one attached hydrogen (secondary N) is 2. The van der Waals surface area contributed by atoms with E-state index in [0.29, 0.717) is 6.54 Å². The summed E-state index contributed by atoms with van der Waals surface area (Å²) >= 11 is 0. The fourth-order valence-corrected chi connectivity index (χ4v) is 2.88. The summed E-state index contributed by atoms with van der Waals surface area (Å²) < 4.78 is 5.18. The lowest BCUT2D eigenvalue weighted by Crippen LogP contribution is -2.48. The topological polar surface area (TPSA) is 87.7 Å². The fraction of sp³-hybridized carbons (Fsp3) is 0.522. The number of carbonyl (C=O) groups excluding carboxylic acids is 3. The summed E-state index contributed by atoms with van der Waals surface area (Å²) in [6.45, 7) is 13.3. The molecule has 0 fully saturated rings. The quantitative estimate of drug-likeness (QED) is 0.451. The maximum Gasteiger partial charge on any atom is 0.408 e. The molecule has 0 aliphatic rings. The standard InChI is InChI=1S/C23H35N3O4/c1-7-9-14-24-21(28)20(18-13-11-10-12-17(18)3)26(15-8-2)19(27)16-25-22(29)30-23(4,5)6/h8,10-13,20H,2,7,9,14-16H2,1,3-6H3,(H,24,28)(H,25,29). The van der Waals surface area contributed by atoms with E-state index in [1.54, 1.807) is 26.8 Å². The van der Waals surface area contributed by atoms with Gasteiger partial charge in [-0.15, -0.1) is 6.58 Å². The summed E-state index contributed by atoms with van der Waals surface area (Å²) in [4.78, 5) is 39.4. The Kier molecular flexibility index (Phi) is 10.1. The van der Waals surface area contributed by atoms with E-state index in [4.69, 9.17) is 4.74 Å². The van der Waals surface area contributed by atoms with E-state index in [2.05, 4.69) is 17.2 Å². The van der Waals surface area contributed by atoms with Crippen LogP contribution in [0.4, 0.5) is 4.79 Å². The minimum absolute atomic E-state index is 0.162. The highest BCUT2D eigenvalue weighted by atomic mass is 16.6. The fourth-order valence-electron chi connectivity index (χ4n) is 2.88. The van der Waals surface area contributed by atoms with Crippen LogP contribution in [0, 0.1) is 6.92 Å². The van der Waals surface area contributed by atoms with Gasteiger partial charge in [0.1, 0.15) is 18.2 Å². The van der Waals surface area contributed by atoms with Crippen LogP contribution in [0.15, 0.2) is 36.9 Å². The molecule has 7 heteroatoms. The number of amides is 3. The van der Waals surface area contributed by atoms with Crippen LogP contribution in [0.2, 0.25) is 0 Å². The average molecular weight is 418 g/mol. The molecular weight excluding hydrogens is 382 g/mol. The van der Waals surface area contributed by atoms with E-state index in [9.17, 15) is 14.4 Å². The van der Waals surface area contributed by atoms with Crippen LogP contribution in [-0.4, -0.2) is 48.0 Å². The zero-order valence-electron chi connectivity index (χ0n) is 18.8. The second-order valence-corrected chi connectivity index (χ2v) is 8.09. The Morgan fingerprint density at radius 3 is 2.43 bits per heavy atom. The second-order valence-electron chi connectivity index (χ2n) is 8.09. The third kappa shape index (κ3) is 8.27. The Morgan fingerprint density at radius 2 is 1.87 bits per heavy atom. The maximum atomic E-state index is 13.1. The molecule has 1 unspecified atom stereocenters. The zero-order valence-corrected chi connectivity index (χ0v) is 18.8. The number of unbranched alkanes of at least 4 members (excludes halogenated alkanes) is 1. The molecule has 1 rings (SSSR count). The summed E-state index contributed by atoms with van der Waals surface area (Å²) in [6, 6.07) is 6.63. The molecule has 0 saturated carbocycles. The lowest BCUT2D eigenvalue weighted by Gasteiger charge is -2.31. The first-order valence-electron chi connectivity index (χ1n) is 10.3. The van der Waals surface area contributed by atoms with Gasteiger partial charge in [0.05, 0.1) is 0 Å². The van der Waals surface area contributed by atoms with Gasteiger partial charge in [-0.2, -0.15) is 0 Å². The highest BCUT2D eigenvalue weighted by Crippen LogP contribution is 2.24. The van der Waals surface area contributed by atoms with Crippen LogP contribution >= 0.6 is 0 Å². The Balaban J connectivity index is 3.09. The molecule has 30 heavy (non-hydrogen) atoms. The van der Waals surface area contributed by atoms with E-state index in [-0.39, 0.29) is 19.0 Å². The molecule has 166 valence electrons. The largest absolute Gasteiger partial charge is 0.444 e. The van der Waals surface area contributed by atoms with Crippen molar-refractivity contribution in [3.63, 3.8) is 0 Å². The van der Waals surface area contributed by atoms with Crippen molar-refractivity contribution in [2.24, 2.45) is 0 Å². The SMILES string of the molecule is C=CCN(C(=O)CNC(=O)OC(C)(C)C)C(C(=O)NCCCC)c1ccccc1C. The van der Waals surface area contributed by atoms with Crippen molar-refractivity contribution in [3.05, 3.63) is 48.0 Å². The van der Waals surface area contributed by atoms with Crippen LogP contribution in [0.5, 0.6) is 0 Å². The van der Waals surface area contributed by atoms with Crippen LogP contribution in [0.25, 0.3) is 0 Å². The van der Waals surface area contributed by atoms with E-state index in [0.717, 1.165) is 24.0 Å². The van der Waals surface area contributed by atoms with Gasteiger partial charge >= 0.3 is 6.09 Å². The van der Waals surface area contributed by atoms with Gasteiger partial charge in [-0.1, -0.05) is 43.7 Å². The lowest BCUT2D eigenvalue weighted by molar-refractivity contribution is -0.139. The van der Waals surface area contributed by atoms with Crippen molar-refractivity contribution in [3.8, 4) is 0 Å². The predicted octanol–water partition coefficient (Wildman–Crippen LogP) is 3.49. The number of nitrogens with zero attached hydrogens (tertiary/aromatic N) is 1. The van der Waals surface area contributed by atoms with Gasteiger partial charge in [0, 0.05) is 13.1 Å². The summed E-state index contributed by atoms with van der Waals surface area (Å²) in [5.74, 6) is -0.662. The smallest absolute Gasteiger partial charge is 0.408 e.